The highest BCUT2D eigenvalue weighted by Crippen LogP contribution is 2.35. The standard InChI is InChI=1S/C29H25N5O6S/c1-38-19-9-7-18(8-10-19)31-26(36)15-41-29-33-21-5-3-2-4-20(21)27-32-22(28(37)34(27)29)13-25(35)30-14-17-6-11-23-24(12-17)40-16-39-23/h2-12,22H,13-16H2,1H3,(H,30,35)(H,31,36)/t22-/m0/s1. The van der Waals surface area contributed by atoms with Gasteiger partial charge in [0.05, 0.1) is 25.0 Å². The average molecular weight is 572 g/mol. The minimum Gasteiger partial charge on any atom is -0.497 e. The number of ether oxygens (including phenoxy) is 3. The summed E-state index contributed by atoms with van der Waals surface area (Å²) in [5, 5.41) is 6.01. The molecule has 0 saturated carbocycles. The van der Waals surface area contributed by atoms with Gasteiger partial charge < -0.3 is 24.8 Å². The highest BCUT2D eigenvalue weighted by atomic mass is 32.2. The van der Waals surface area contributed by atoms with Crippen LogP contribution in [0.4, 0.5) is 11.4 Å². The molecule has 6 rings (SSSR count). The van der Waals surface area contributed by atoms with E-state index in [-0.39, 0.29) is 43.2 Å². The molecule has 3 heterocycles. The van der Waals surface area contributed by atoms with Crippen LogP contribution in [0.3, 0.4) is 0 Å². The lowest BCUT2D eigenvalue weighted by atomic mass is 10.1. The molecule has 3 aliphatic rings. The summed E-state index contributed by atoms with van der Waals surface area (Å²) in [5.41, 5.74) is 2.80. The van der Waals surface area contributed by atoms with Gasteiger partial charge >= 0.3 is 0 Å². The van der Waals surface area contributed by atoms with E-state index in [0.29, 0.717) is 45.2 Å². The van der Waals surface area contributed by atoms with E-state index in [1.807, 2.05) is 36.4 Å². The first-order valence-corrected chi connectivity index (χ1v) is 13.8. The number of hydrogen-bond donors (Lipinski definition) is 2. The Morgan fingerprint density at radius 1 is 1.05 bits per heavy atom. The molecule has 3 amide bonds. The molecule has 0 unspecified atom stereocenters. The Morgan fingerprint density at radius 2 is 1.85 bits per heavy atom. The van der Waals surface area contributed by atoms with Gasteiger partial charge in [0.25, 0.3) is 5.91 Å². The monoisotopic (exact) mass is 571 g/mol. The summed E-state index contributed by atoms with van der Waals surface area (Å²) in [7, 11) is 1.57. The van der Waals surface area contributed by atoms with Crippen molar-refractivity contribution in [3.63, 3.8) is 0 Å². The molecular formula is C29H25N5O6S. The number of fused-ring (bicyclic) bond motifs is 4. The molecule has 12 heteroatoms. The molecule has 11 nitrogen and oxygen atoms in total. The van der Waals surface area contributed by atoms with E-state index < -0.39 is 6.04 Å². The second kappa shape index (κ2) is 11.3. The second-order valence-corrected chi connectivity index (χ2v) is 10.2. The molecule has 0 aromatic heterocycles. The first-order chi connectivity index (χ1) is 20.0. The fourth-order valence-electron chi connectivity index (χ4n) is 4.53. The summed E-state index contributed by atoms with van der Waals surface area (Å²) >= 11 is 1.13. The van der Waals surface area contributed by atoms with Gasteiger partial charge in [-0.25, -0.2) is 9.89 Å². The Kier molecular flexibility index (Phi) is 7.30. The fourth-order valence-corrected chi connectivity index (χ4v) is 5.33. The maximum absolute atomic E-state index is 13.5. The first-order valence-electron chi connectivity index (χ1n) is 12.8. The van der Waals surface area contributed by atoms with E-state index >= 15 is 0 Å². The molecule has 1 atom stereocenters. The minimum atomic E-state index is -0.910. The van der Waals surface area contributed by atoms with Crippen LogP contribution in [-0.4, -0.2) is 59.3 Å². The zero-order valence-electron chi connectivity index (χ0n) is 22.0. The molecule has 208 valence electrons. The van der Waals surface area contributed by atoms with Crippen molar-refractivity contribution in [2.75, 3.05) is 25.0 Å². The van der Waals surface area contributed by atoms with Crippen LogP contribution in [0.15, 0.2) is 76.7 Å². The van der Waals surface area contributed by atoms with Gasteiger partial charge in [-0.3, -0.25) is 19.4 Å². The van der Waals surface area contributed by atoms with E-state index in [4.69, 9.17) is 14.2 Å². The van der Waals surface area contributed by atoms with Gasteiger partial charge in [0.1, 0.15) is 17.6 Å². The predicted octanol–water partition coefficient (Wildman–Crippen LogP) is 3.46. The molecule has 0 spiro atoms. The van der Waals surface area contributed by atoms with Crippen LogP contribution < -0.4 is 24.8 Å². The van der Waals surface area contributed by atoms with Crippen molar-refractivity contribution in [3.05, 3.63) is 77.9 Å². The van der Waals surface area contributed by atoms with E-state index in [2.05, 4.69) is 20.6 Å². The van der Waals surface area contributed by atoms with Crippen molar-refractivity contribution < 1.29 is 28.6 Å². The van der Waals surface area contributed by atoms with Crippen molar-refractivity contribution in [2.24, 2.45) is 9.98 Å². The lowest BCUT2D eigenvalue weighted by Gasteiger charge is -2.25. The maximum Gasteiger partial charge on any atom is 0.259 e. The predicted molar refractivity (Wildman–Crippen MR) is 154 cm³/mol. The topological polar surface area (TPSA) is 131 Å². The Hall–Kier alpha value is -4.84. The lowest BCUT2D eigenvalue weighted by molar-refractivity contribution is -0.128. The number of nitrogens with zero attached hydrogens (tertiary/aromatic N) is 3. The third kappa shape index (κ3) is 5.59. The molecule has 3 aliphatic heterocycles. The highest BCUT2D eigenvalue weighted by molar-refractivity contribution is 8.14. The molecule has 0 radical (unpaired) electrons. The number of carbonyl (C=O) groups excluding carboxylic acids is 3. The molecule has 0 aliphatic carbocycles. The number of anilines is 1. The van der Waals surface area contributed by atoms with Crippen LogP contribution in [0.1, 0.15) is 17.5 Å². The van der Waals surface area contributed by atoms with Crippen LogP contribution in [0.25, 0.3) is 0 Å². The van der Waals surface area contributed by atoms with Crippen LogP contribution in [-0.2, 0) is 20.9 Å². The quantitative estimate of drug-likeness (QED) is 0.423. The van der Waals surface area contributed by atoms with E-state index in [1.54, 1.807) is 37.4 Å². The number of amidine groups is 2. The molecule has 0 fully saturated rings. The molecule has 41 heavy (non-hydrogen) atoms. The number of amides is 3. The molecule has 3 aromatic carbocycles. The molecule has 0 saturated heterocycles. The summed E-state index contributed by atoms with van der Waals surface area (Å²) in [6.45, 7) is 0.442. The number of nitrogens with one attached hydrogen (secondary N) is 2. The largest absolute Gasteiger partial charge is 0.497 e. The third-order valence-electron chi connectivity index (χ3n) is 6.56. The van der Waals surface area contributed by atoms with Crippen LogP contribution in [0.5, 0.6) is 17.2 Å². The van der Waals surface area contributed by atoms with E-state index in [9.17, 15) is 14.4 Å². The molecular weight excluding hydrogens is 546 g/mol. The van der Waals surface area contributed by atoms with Crippen LogP contribution in [0, 0.1) is 0 Å². The summed E-state index contributed by atoms with van der Waals surface area (Å²) in [4.78, 5) is 49.6. The maximum atomic E-state index is 13.5. The molecule has 0 bridgehead atoms. The lowest BCUT2D eigenvalue weighted by Crippen LogP contribution is -2.42. The average Bonchev–Trinajstić information content (AvgIpc) is 3.59. The highest BCUT2D eigenvalue weighted by Gasteiger charge is 2.42. The fraction of sp³-hybridized carbons (Fsp3) is 0.207. The van der Waals surface area contributed by atoms with Crippen molar-refractivity contribution >= 4 is 51.9 Å². The first kappa shape index (κ1) is 26.4. The van der Waals surface area contributed by atoms with Crippen molar-refractivity contribution in [1.29, 1.82) is 0 Å². The minimum absolute atomic E-state index is 0.0186. The zero-order valence-corrected chi connectivity index (χ0v) is 22.8. The Balaban J connectivity index is 1.11. The Morgan fingerprint density at radius 3 is 2.68 bits per heavy atom. The van der Waals surface area contributed by atoms with E-state index in [1.165, 1.54) is 4.90 Å². The van der Waals surface area contributed by atoms with Gasteiger partial charge in [-0.2, -0.15) is 0 Å². The van der Waals surface area contributed by atoms with Gasteiger partial charge in [-0.05, 0) is 54.1 Å². The summed E-state index contributed by atoms with van der Waals surface area (Å²) in [5.74, 6) is 1.48. The number of hydrogen-bond acceptors (Lipinski definition) is 9. The number of rotatable bonds is 8. The molecule has 2 N–H and O–H groups in total. The summed E-state index contributed by atoms with van der Waals surface area (Å²) < 4.78 is 15.9. The van der Waals surface area contributed by atoms with Gasteiger partial charge in [-0.15, -0.1) is 0 Å². The summed E-state index contributed by atoms with van der Waals surface area (Å²) in [6, 6.07) is 18.9. The molecule has 3 aromatic rings. The van der Waals surface area contributed by atoms with Gasteiger partial charge in [0.2, 0.25) is 18.6 Å². The Bertz CT molecular complexity index is 1590. The Labute approximate surface area is 239 Å². The van der Waals surface area contributed by atoms with Gasteiger partial charge in [0, 0.05) is 17.8 Å². The number of thioether (sulfide) groups is 1. The number of methoxy groups -OCH3 is 1. The zero-order chi connectivity index (χ0) is 28.3. The number of carbonyl (C=O) groups is 3. The van der Waals surface area contributed by atoms with Crippen molar-refractivity contribution in [2.45, 2.75) is 19.0 Å². The van der Waals surface area contributed by atoms with Crippen LogP contribution in [0.2, 0.25) is 0 Å². The smallest absolute Gasteiger partial charge is 0.259 e. The number of aliphatic imine (C=N–C) groups is 2. The van der Waals surface area contributed by atoms with Crippen molar-refractivity contribution in [1.82, 2.24) is 10.2 Å². The number of benzene rings is 3. The second-order valence-electron chi connectivity index (χ2n) is 9.29. The van der Waals surface area contributed by atoms with Gasteiger partial charge in [0.15, 0.2) is 16.7 Å². The summed E-state index contributed by atoms with van der Waals surface area (Å²) in [6.07, 6.45) is -0.124. The SMILES string of the molecule is COc1ccc(NC(=O)CSC2=Nc3ccccc3C3=N[C@@H](CC(=O)NCc4ccc5c(c4)OCO5)C(=O)N23)cc1. The number of para-hydroxylation sites is 1. The van der Waals surface area contributed by atoms with Gasteiger partial charge in [-0.1, -0.05) is 30.0 Å². The van der Waals surface area contributed by atoms with E-state index in [0.717, 1.165) is 17.3 Å². The third-order valence-corrected chi connectivity index (χ3v) is 7.50. The van der Waals surface area contributed by atoms with Crippen molar-refractivity contribution in [3.8, 4) is 17.2 Å². The van der Waals surface area contributed by atoms with Crippen LogP contribution >= 0.6 is 11.8 Å². The normalized spacial score (nSPS) is 16.4.